The largest absolute Gasteiger partial charge is 0.455 e. The predicted octanol–water partition coefficient (Wildman–Crippen LogP) is 7.25. The third kappa shape index (κ3) is 3.29. The van der Waals surface area contributed by atoms with E-state index in [0.717, 1.165) is 51.7 Å². The van der Waals surface area contributed by atoms with Gasteiger partial charge in [0.15, 0.2) is 5.52 Å². The molecule has 0 spiro atoms. The number of halogens is 2. The zero-order valence-electron chi connectivity index (χ0n) is 19.7. The van der Waals surface area contributed by atoms with E-state index in [0.29, 0.717) is 16.4 Å². The molecule has 1 saturated carbocycles. The average molecular weight is 458 g/mol. The first kappa shape index (κ1) is 21.2. The first-order chi connectivity index (χ1) is 16.4. The van der Waals surface area contributed by atoms with Crippen molar-refractivity contribution in [2.75, 3.05) is 0 Å². The van der Waals surface area contributed by atoms with Crippen molar-refractivity contribution < 1.29 is 17.8 Å². The van der Waals surface area contributed by atoms with Gasteiger partial charge in [-0.25, -0.2) is 13.3 Å². The topological polar surface area (TPSA) is 29.9 Å². The van der Waals surface area contributed by atoms with E-state index in [1.165, 1.54) is 37.3 Å². The van der Waals surface area contributed by atoms with Gasteiger partial charge < -0.3 is 4.42 Å². The number of hydrogen-bond acceptors (Lipinski definition) is 2. The molecule has 1 aliphatic carbocycles. The Morgan fingerprint density at radius 2 is 1.82 bits per heavy atom. The SMILES string of the molecule is Cc1cc2c(oc3cc(F)cc(F)c32)c(-c2c3ccc(CC4CCCC4)cc3nc[n+]2C)c1C. The lowest BCUT2D eigenvalue weighted by Gasteiger charge is -2.13. The molecule has 6 rings (SSSR count). The second-order valence-corrected chi connectivity index (χ2v) is 9.84. The number of nitrogens with zero attached hydrogens (tertiary/aromatic N) is 2. The van der Waals surface area contributed by atoms with Crippen molar-refractivity contribution in [3.63, 3.8) is 0 Å². The van der Waals surface area contributed by atoms with Crippen LogP contribution in [0.1, 0.15) is 42.4 Å². The molecule has 3 aromatic carbocycles. The third-order valence-electron chi connectivity index (χ3n) is 7.58. The summed E-state index contributed by atoms with van der Waals surface area (Å²) in [6.07, 6.45) is 8.21. The number of fused-ring (bicyclic) bond motifs is 4. The Morgan fingerprint density at radius 3 is 2.62 bits per heavy atom. The van der Waals surface area contributed by atoms with E-state index in [2.05, 4.69) is 25.1 Å². The number of rotatable bonds is 3. The maximum atomic E-state index is 14.8. The molecule has 0 aliphatic heterocycles. The van der Waals surface area contributed by atoms with Gasteiger partial charge in [-0.15, -0.1) is 0 Å². The zero-order chi connectivity index (χ0) is 23.6. The van der Waals surface area contributed by atoms with E-state index >= 15 is 0 Å². The molecule has 34 heavy (non-hydrogen) atoms. The van der Waals surface area contributed by atoms with Crippen molar-refractivity contribution in [3.8, 4) is 11.3 Å². The van der Waals surface area contributed by atoms with Gasteiger partial charge >= 0.3 is 0 Å². The minimum absolute atomic E-state index is 0.221. The summed E-state index contributed by atoms with van der Waals surface area (Å²) in [4.78, 5) is 4.73. The lowest BCUT2D eigenvalue weighted by molar-refractivity contribution is -0.662. The molecule has 5 heteroatoms. The Balaban J connectivity index is 1.62. The molecule has 0 saturated heterocycles. The van der Waals surface area contributed by atoms with E-state index in [1.807, 2.05) is 30.9 Å². The summed E-state index contributed by atoms with van der Waals surface area (Å²) < 4.78 is 36.9. The Hall–Kier alpha value is -3.34. The van der Waals surface area contributed by atoms with Crippen LogP contribution in [-0.2, 0) is 13.5 Å². The molecule has 3 nitrogen and oxygen atoms in total. The summed E-state index contributed by atoms with van der Waals surface area (Å²) in [6.45, 7) is 4.07. The standard InChI is InChI=1S/C29H27F2N2O/c1-16-10-22-27-23(31)13-20(30)14-25(27)34-29(22)26(17(16)2)28-21-9-8-19(11-18-6-4-5-7-18)12-24(21)32-15-33(28)3/h8-10,12-15,18H,4-7,11H2,1-3H3/q+1. The molecule has 2 heterocycles. The Bertz CT molecular complexity index is 1600. The number of aryl methyl sites for hydroxylation is 2. The predicted molar refractivity (Wildman–Crippen MR) is 131 cm³/mol. The van der Waals surface area contributed by atoms with E-state index in [-0.39, 0.29) is 5.58 Å². The number of furan rings is 1. The van der Waals surface area contributed by atoms with Crippen LogP contribution < -0.4 is 4.57 Å². The summed E-state index contributed by atoms with van der Waals surface area (Å²) in [5, 5.41) is 2.00. The summed E-state index contributed by atoms with van der Waals surface area (Å²) in [7, 11) is 1.96. The van der Waals surface area contributed by atoms with Gasteiger partial charge in [0.1, 0.15) is 28.5 Å². The van der Waals surface area contributed by atoms with Crippen LogP contribution in [-0.4, -0.2) is 4.98 Å². The maximum absolute atomic E-state index is 14.8. The van der Waals surface area contributed by atoms with Crippen molar-refractivity contribution in [2.45, 2.75) is 46.0 Å². The minimum atomic E-state index is -0.645. The molecule has 0 N–H and O–H groups in total. The van der Waals surface area contributed by atoms with Crippen LogP contribution in [0.4, 0.5) is 8.78 Å². The quantitative estimate of drug-likeness (QED) is 0.267. The third-order valence-corrected chi connectivity index (χ3v) is 7.58. The molecule has 0 amide bonds. The van der Waals surface area contributed by atoms with Crippen LogP contribution in [0.15, 0.2) is 47.1 Å². The molecule has 0 bridgehead atoms. The van der Waals surface area contributed by atoms with Gasteiger partial charge in [-0.2, -0.15) is 0 Å². The highest BCUT2D eigenvalue weighted by Crippen LogP contribution is 2.41. The van der Waals surface area contributed by atoms with Crippen molar-refractivity contribution in [2.24, 2.45) is 13.0 Å². The lowest BCUT2D eigenvalue weighted by Crippen LogP contribution is -2.32. The summed E-state index contributed by atoms with van der Waals surface area (Å²) in [5.41, 5.74) is 6.97. The normalized spacial score (nSPS) is 14.7. The highest BCUT2D eigenvalue weighted by molar-refractivity contribution is 6.12. The molecule has 0 atom stereocenters. The van der Waals surface area contributed by atoms with Gasteiger partial charge in [-0.1, -0.05) is 31.7 Å². The monoisotopic (exact) mass is 457 g/mol. The van der Waals surface area contributed by atoms with Crippen molar-refractivity contribution in [1.82, 2.24) is 4.98 Å². The summed E-state index contributed by atoms with van der Waals surface area (Å²) in [6, 6.07) is 10.7. The highest BCUT2D eigenvalue weighted by atomic mass is 19.1. The molecule has 1 fully saturated rings. The fourth-order valence-electron chi connectivity index (χ4n) is 5.74. The first-order valence-electron chi connectivity index (χ1n) is 12.0. The second-order valence-electron chi connectivity index (χ2n) is 9.84. The molecule has 172 valence electrons. The van der Waals surface area contributed by atoms with Crippen LogP contribution in [0.2, 0.25) is 0 Å². The van der Waals surface area contributed by atoms with Crippen molar-refractivity contribution >= 4 is 32.8 Å². The van der Waals surface area contributed by atoms with Crippen molar-refractivity contribution in [1.29, 1.82) is 0 Å². The van der Waals surface area contributed by atoms with Gasteiger partial charge in [0.05, 0.1) is 23.4 Å². The Morgan fingerprint density at radius 1 is 1.03 bits per heavy atom. The van der Waals surface area contributed by atoms with Crippen LogP contribution in [0.5, 0.6) is 0 Å². The smallest absolute Gasteiger partial charge is 0.287 e. The van der Waals surface area contributed by atoms with E-state index in [4.69, 9.17) is 9.40 Å². The van der Waals surface area contributed by atoms with E-state index < -0.39 is 11.6 Å². The van der Waals surface area contributed by atoms with Crippen LogP contribution in [0.3, 0.4) is 0 Å². The molecule has 0 unspecified atom stereocenters. The van der Waals surface area contributed by atoms with E-state index in [1.54, 1.807) is 0 Å². The minimum Gasteiger partial charge on any atom is -0.455 e. The first-order valence-corrected chi connectivity index (χ1v) is 12.0. The maximum Gasteiger partial charge on any atom is 0.287 e. The summed E-state index contributed by atoms with van der Waals surface area (Å²) >= 11 is 0. The van der Waals surface area contributed by atoms with Gasteiger partial charge in [-0.3, -0.25) is 0 Å². The molecular weight excluding hydrogens is 430 g/mol. The van der Waals surface area contributed by atoms with Gasteiger partial charge in [0.25, 0.3) is 6.33 Å². The average Bonchev–Trinajstić information content (AvgIpc) is 3.43. The fourth-order valence-corrected chi connectivity index (χ4v) is 5.74. The number of aromatic nitrogens is 2. The molecule has 0 radical (unpaired) electrons. The van der Waals surface area contributed by atoms with Crippen LogP contribution >= 0.6 is 0 Å². The number of benzene rings is 3. The highest BCUT2D eigenvalue weighted by Gasteiger charge is 2.25. The fraction of sp³-hybridized carbons (Fsp3) is 0.310. The van der Waals surface area contributed by atoms with Crippen LogP contribution in [0, 0.1) is 31.4 Å². The Kier molecular flexibility index (Phi) is 4.91. The molecule has 2 aromatic heterocycles. The summed E-state index contributed by atoms with van der Waals surface area (Å²) in [5.74, 6) is -0.488. The molecule has 1 aliphatic rings. The molecule has 5 aromatic rings. The zero-order valence-corrected chi connectivity index (χ0v) is 19.7. The van der Waals surface area contributed by atoms with Crippen LogP contribution in [0.25, 0.3) is 44.1 Å². The number of hydrogen-bond donors (Lipinski definition) is 0. The van der Waals surface area contributed by atoms with E-state index in [9.17, 15) is 8.78 Å². The van der Waals surface area contributed by atoms with Gasteiger partial charge in [0.2, 0.25) is 0 Å². The second kappa shape index (κ2) is 7.86. The lowest BCUT2D eigenvalue weighted by atomic mass is 9.93. The molecular formula is C29H27F2N2O+. The Labute approximate surface area is 197 Å². The van der Waals surface area contributed by atoms with Crippen molar-refractivity contribution in [3.05, 3.63) is 71.1 Å². The van der Waals surface area contributed by atoms with Gasteiger partial charge in [0, 0.05) is 17.5 Å². The van der Waals surface area contributed by atoms with Gasteiger partial charge in [-0.05, 0) is 66.1 Å².